The van der Waals surface area contributed by atoms with Crippen LogP contribution < -0.4 is 5.32 Å². The van der Waals surface area contributed by atoms with Crippen LogP contribution in [0.2, 0.25) is 0 Å². The van der Waals surface area contributed by atoms with Gasteiger partial charge in [-0.3, -0.25) is 5.32 Å². The summed E-state index contributed by atoms with van der Waals surface area (Å²) < 4.78 is 5.63. The van der Waals surface area contributed by atoms with Gasteiger partial charge in [0.05, 0.1) is 17.5 Å². The third-order valence-corrected chi connectivity index (χ3v) is 3.82. The van der Waals surface area contributed by atoms with Crippen molar-refractivity contribution in [3.8, 4) is 17.3 Å². The highest BCUT2D eigenvalue weighted by atomic mass is 16.4. The summed E-state index contributed by atoms with van der Waals surface area (Å²) in [5, 5.41) is 12.3. The van der Waals surface area contributed by atoms with Gasteiger partial charge in [0.25, 0.3) is 0 Å². The van der Waals surface area contributed by atoms with Gasteiger partial charge in [0.2, 0.25) is 5.95 Å². The van der Waals surface area contributed by atoms with Crippen LogP contribution in [0.3, 0.4) is 0 Å². The van der Waals surface area contributed by atoms with Gasteiger partial charge in [-0.2, -0.15) is 10.2 Å². The Kier molecular flexibility index (Phi) is 3.60. The highest BCUT2D eigenvalue weighted by molar-refractivity contribution is 5.75. The van der Waals surface area contributed by atoms with Crippen LogP contribution in [0.25, 0.3) is 22.4 Å². The molecule has 0 spiro atoms. The molecule has 0 bridgehead atoms. The van der Waals surface area contributed by atoms with Crippen molar-refractivity contribution < 1.29 is 4.42 Å². The average molecular weight is 327 g/mol. The molecule has 2 aromatic carbocycles. The lowest BCUT2D eigenvalue weighted by molar-refractivity contribution is 0.621. The minimum atomic E-state index is 0.307. The van der Waals surface area contributed by atoms with E-state index in [1.807, 2.05) is 55.5 Å². The first-order chi connectivity index (χ1) is 12.2. The van der Waals surface area contributed by atoms with Crippen LogP contribution in [0, 0.1) is 18.3 Å². The molecular formula is C19H13N5O. The minimum Gasteiger partial charge on any atom is -0.423 e. The van der Waals surface area contributed by atoms with Crippen LogP contribution in [-0.4, -0.2) is 15.0 Å². The lowest BCUT2D eigenvalue weighted by Crippen LogP contribution is -2.01. The zero-order valence-corrected chi connectivity index (χ0v) is 13.4. The van der Waals surface area contributed by atoms with Gasteiger partial charge in [-0.25, -0.2) is 9.97 Å². The molecule has 4 rings (SSSR count). The number of anilines is 2. The zero-order chi connectivity index (χ0) is 17.2. The Morgan fingerprint density at radius 1 is 1.04 bits per heavy atom. The van der Waals surface area contributed by atoms with Crippen LogP contribution in [-0.2, 0) is 0 Å². The number of benzene rings is 2. The molecule has 0 saturated carbocycles. The third kappa shape index (κ3) is 2.79. The summed E-state index contributed by atoms with van der Waals surface area (Å²) in [4.78, 5) is 13.0. The second-order valence-electron chi connectivity index (χ2n) is 5.49. The Labute approximate surface area is 143 Å². The van der Waals surface area contributed by atoms with Gasteiger partial charge in [0, 0.05) is 5.56 Å². The number of rotatable bonds is 3. The highest BCUT2D eigenvalue weighted by Crippen LogP contribution is 2.26. The number of aryl methyl sites for hydroxylation is 1. The molecule has 6 nitrogen and oxygen atoms in total. The van der Waals surface area contributed by atoms with Gasteiger partial charge in [-0.1, -0.05) is 36.4 Å². The number of fused-ring (bicyclic) bond motifs is 1. The number of para-hydroxylation sites is 2. The summed E-state index contributed by atoms with van der Waals surface area (Å²) in [5.41, 5.74) is 4.34. The fraction of sp³-hybridized carbons (Fsp3) is 0.0526. The Morgan fingerprint density at radius 2 is 1.84 bits per heavy atom. The van der Waals surface area contributed by atoms with E-state index in [9.17, 15) is 5.26 Å². The maximum atomic E-state index is 9.37. The van der Waals surface area contributed by atoms with Gasteiger partial charge in [-0.15, -0.1) is 0 Å². The number of oxazole rings is 1. The molecule has 0 aliphatic heterocycles. The summed E-state index contributed by atoms with van der Waals surface area (Å²) in [5.74, 6) is 0.323. The first kappa shape index (κ1) is 14.8. The number of nitrogens with zero attached hydrogens (tertiary/aromatic N) is 4. The fourth-order valence-electron chi connectivity index (χ4n) is 2.59. The largest absolute Gasteiger partial charge is 0.423 e. The SMILES string of the molecule is Cc1ccccc1-c1nc(Nc2nc3ccccc3o2)ncc1C#N. The van der Waals surface area contributed by atoms with E-state index in [1.165, 1.54) is 6.20 Å². The highest BCUT2D eigenvalue weighted by Gasteiger charge is 2.13. The molecule has 1 N–H and O–H groups in total. The maximum absolute atomic E-state index is 9.37. The molecule has 0 radical (unpaired) electrons. The second kappa shape index (κ2) is 6.06. The van der Waals surface area contributed by atoms with Crippen molar-refractivity contribution >= 4 is 23.1 Å². The molecule has 120 valence electrons. The molecule has 0 amide bonds. The Morgan fingerprint density at radius 3 is 2.64 bits per heavy atom. The van der Waals surface area contributed by atoms with E-state index in [0.29, 0.717) is 28.8 Å². The van der Waals surface area contributed by atoms with Crippen LogP contribution >= 0.6 is 0 Å². The van der Waals surface area contributed by atoms with Gasteiger partial charge < -0.3 is 4.42 Å². The van der Waals surface area contributed by atoms with Crippen LogP contribution in [0.15, 0.2) is 59.1 Å². The fourth-order valence-corrected chi connectivity index (χ4v) is 2.59. The molecule has 0 aliphatic rings. The van der Waals surface area contributed by atoms with Crippen molar-refractivity contribution in [2.24, 2.45) is 0 Å². The maximum Gasteiger partial charge on any atom is 0.302 e. The van der Waals surface area contributed by atoms with Gasteiger partial charge in [-0.05, 0) is 24.6 Å². The molecule has 0 atom stereocenters. The van der Waals surface area contributed by atoms with E-state index in [4.69, 9.17) is 4.42 Å². The first-order valence-corrected chi connectivity index (χ1v) is 7.70. The van der Waals surface area contributed by atoms with E-state index >= 15 is 0 Å². The summed E-state index contributed by atoms with van der Waals surface area (Å²) in [6.45, 7) is 1.98. The molecule has 6 heteroatoms. The normalized spacial score (nSPS) is 10.6. The van der Waals surface area contributed by atoms with Gasteiger partial charge in [0.1, 0.15) is 11.6 Å². The molecule has 0 fully saturated rings. The average Bonchev–Trinajstić information content (AvgIpc) is 3.04. The monoisotopic (exact) mass is 327 g/mol. The van der Waals surface area contributed by atoms with Crippen LogP contribution in [0.1, 0.15) is 11.1 Å². The quantitative estimate of drug-likeness (QED) is 0.606. The van der Waals surface area contributed by atoms with E-state index in [0.717, 1.165) is 16.6 Å². The van der Waals surface area contributed by atoms with E-state index in [1.54, 1.807) is 0 Å². The number of aromatic nitrogens is 3. The van der Waals surface area contributed by atoms with E-state index in [2.05, 4.69) is 26.3 Å². The lowest BCUT2D eigenvalue weighted by atomic mass is 10.0. The summed E-state index contributed by atoms with van der Waals surface area (Å²) in [6, 6.07) is 17.7. The predicted molar refractivity (Wildman–Crippen MR) is 94.2 cm³/mol. The first-order valence-electron chi connectivity index (χ1n) is 7.70. The summed E-state index contributed by atoms with van der Waals surface area (Å²) in [7, 11) is 0. The zero-order valence-electron chi connectivity index (χ0n) is 13.4. The molecule has 2 heterocycles. The molecule has 0 unspecified atom stereocenters. The Bertz CT molecular complexity index is 1080. The van der Waals surface area contributed by atoms with Gasteiger partial charge >= 0.3 is 6.01 Å². The molecular weight excluding hydrogens is 314 g/mol. The van der Waals surface area contributed by atoms with Crippen molar-refractivity contribution in [1.29, 1.82) is 5.26 Å². The van der Waals surface area contributed by atoms with E-state index in [-0.39, 0.29) is 0 Å². The van der Waals surface area contributed by atoms with Crippen LogP contribution in [0.4, 0.5) is 12.0 Å². The number of nitrogens with one attached hydrogen (secondary N) is 1. The molecule has 25 heavy (non-hydrogen) atoms. The number of hydrogen-bond acceptors (Lipinski definition) is 6. The Hall–Kier alpha value is -3.72. The minimum absolute atomic E-state index is 0.307. The number of nitriles is 1. The molecule has 4 aromatic rings. The van der Waals surface area contributed by atoms with Crippen molar-refractivity contribution in [2.75, 3.05) is 5.32 Å². The molecule has 0 saturated heterocycles. The van der Waals surface area contributed by atoms with Gasteiger partial charge in [0.15, 0.2) is 5.58 Å². The standard InChI is InChI=1S/C19H13N5O/c1-12-6-2-3-7-14(12)17-13(10-20)11-21-18(23-17)24-19-22-15-8-4-5-9-16(15)25-19/h2-9,11H,1H3,(H,21,22,23,24). The Balaban J connectivity index is 1.75. The number of hydrogen-bond donors (Lipinski definition) is 1. The van der Waals surface area contributed by atoms with Crippen LogP contribution in [0.5, 0.6) is 0 Å². The predicted octanol–water partition coefficient (Wildman–Crippen LogP) is 4.21. The summed E-state index contributed by atoms with van der Waals surface area (Å²) in [6.07, 6.45) is 1.50. The second-order valence-corrected chi connectivity index (χ2v) is 5.49. The summed E-state index contributed by atoms with van der Waals surface area (Å²) >= 11 is 0. The smallest absolute Gasteiger partial charge is 0.302 e. The third-order valence-electron chi connectivity index (χ3n) is 3.82. The van der Waals surface area contributed by atoms with Crippen molar-refractivity contribution in [3.63, 3.8) is 0 Å². The topological polar surface area (TPSA) is 87.6 Å². The lowest BCUT2D eigenvalue weighted by Gasteiger charge is -2.08. The van der Waals surface area contributed by atoms with Crippen molar-refractivity contribution in [3.05, 3.63) is 65.9 Å². The van der Waals surface area contributed by atoms with Crippen molar-refractivity contribution in [2.45, 2.75) is 6.92 Å². The molecule has 0 aliphatic carbocycles. The molecule has 2 aromatic heterocycles. The van der Waals surface area contributed by atoms with Crippen molar-refractivity contribution in [1.82, 2.24) is 15.0 Å². The van der Waals surface area contributed by atoms with E-state index < -0.39 is 0 Å².